The summed E-state index contributed by atoms with van der Waals surface area (Å²) in [6.07, 6.45) is 2.26. The van der Waals surface area contributed by atoms with Gasteiger partial charge in [-0.25, -0.2) is 9.37 Å². The third kappa shape index (κ3) is 4.25. The molecule has 2 aromatic carbocycles. The maximum atomic E-state index is 14.6. The zero-order chi connectivity index (χ0) is 20.2. The number of halogens is 1. The lowest BCUT2D eigenvalue weighted by atomic mass is 9.95. The van der Waals surface area contributed by atoms with Crippen molar-refractivity contribution >= 4 is 17.5 Å². The fourth-order valence-corrected chi connectivity index (χ4v) is 3.43. The molecule has 0 unspecified atom stereocenters. The predicted molar refractivity (Wildman–Crippen MR) is 108 cm³/mol. The van der Waals surface area contributed by atoms with Crippen LogP contribution in [0.5, 0.6) is 0 Å². The Kier molecular flexibility index (Phi) is 5.48. The number of aliphatic hydroxyl groups is 1. The highest BCUT2D eigenvalue weighted by Gasteiger charge is 2.23. The van der Waals surface area contributed by atoms with Gasteiger partial charge in [-0.2, -0.15) is 4.98 Å². The number of nitrogens with zero attached hydrogens (tertiary/aromatic N) is 3. The summed E-state index contributed by atoms with van der Waals surface area (Å²) in [5.74, 6) is 0.314. The number of aliphatic hydroxyl groups excluding tert-OH is 1. The van der Waals surface area contributed by atoms with Crippen molar-refractivity contribution in [3.63, 3.8) is 0 Å². The number of Topliss-reactive ketones (excluding diaryl/α,β-unsaturated/α-hetero) is 1. The molecule has 1 aromatic heterocycles. The molecule has 0 fully saturated rings. The van der Waals surface area contributed by atoms with Gasteiger partial charge in [-0.3, -0.25) is 4.79 Å². The molecular formula is C22H21FN4O2. The Balaban J connectivity index is 1.50. The first kappa shape index (κ1) is 19.0. The molecule has 2 heterocycles. The molecule has 7 heteroatoms. The highest BCUT2D eigenvalue weighted by molar-refractivity contribution is 5.97. The van der Waals surface area contributed by atoms with E-state index in [1.54, 1.807) is 18.3 Å². The molecule has 29 heavy (non-hydrogen) atoms. The fourth-order valence-electron chi connectivity index (χ4n) is 3.43. The molecule has 0 spiro atoms. The molecule has 0 saturated carbocycles. The topological polar surface area (TPSA) is 78.3 Å². The molecule has 3 aromatic rings. The molecular weight excluding hydrogens is 371 g/mol. The number of rotatable bonds is 6. The minimum absolute atomic E-state index is 0.209. The SMILES string of the molecule is O=C(CO)c1cc(F)c2c(c1)CCN(c1nccc(NCc3ccccc3)n1)C2. The summed E-state index contributed by atoms with van der Waals surface area (Å²) in [7, 11) is 0. The number of benzene rings is 2. The second-order valence-corrected chi connectivity index (χ2v) is 6.93. The van der Waals surface area contributed by atoms with E-state index in [1.165, 1.54) is 6.07 Å². The van der Waals surface area contributed by atoms with E-state index >= 15 is 0 Å². The molecule has 0 aliphatic carbocycles. The smallest absolute Gasteiger partial charge is 0.227 e. The minimum Gasteiger partial charge on any atom is -0.388 e. The Labute approximate surface area is 168 Å². The molecule has 6 nitrogen and oxygen atoms in total. The van der Waals surface area contributed by atoms with Gasteiger partial charge in [0.2, 0.25) is 5.95 Å². The summed E-state index contributed by atoms with van der Waals surface area (Å²) < 4.78 is 14.6. The van der Waals surface area contributed by atoms with Gasteiger partial charge in [0.15, 0.2) is 5.78 Å². The van der Waals surface area contributed by atoms with E-state index in [4.69, 9.17) is 5.11 Å². The average Bonchev–Trinajstić information content (AvgIpc) is 2.77. The highest BCUT2D eigenvalue weighted by Crippen LogP contribution is 2.26. The van der Waals surface area contributed by atoms with Crippen molar-refractivity contribution < 1.29 is 14.3 Å². The number of anilines is 2. The Morgan fingerprint density at radius 1 is 1.21 bits per heavy atom. The van der Waals surface area contributed by atoms with Crippen LogP contribution < -0.4 is 10.2 Å². The Hall–Kier alpha value is -3.32. The zero-order valence-corrected chi connectivity index (χ0v) is 15.8. The Bertz CT molecular complexity index is 1030. The maximum absolute atomic E-state index is 14.6. The third-order valence-electron chi connectivity index (χ3n) is 5.00. The molecule has 4 rings (SSSR count). The van der Waals surface area contributed by atoms with Crippen molar-refractivity contribution in [3.05, 3.63) is 82.8 Å². The van der Waals surface area contributed by atoms with E-state index in [0.717, 1.165) is 11.1 Å². The van der Waals surface area contributed by atoms with Crippen LogP contribution in [-0.4, -0.2) is 34.0 Å². The lowest BCUT2D eigenvalue weighted by Crippen LogP contribution is -2.32. The van der Waals surface area contributed by atoms with Crippen LogP contribution in [0.4, 0.5) is 16.2 Å². The standard InChI is InChI=1S/C22H21FN4O2/c23-19-11-17(20(29)14-28)10-16-7-9-27(13-18(16)19)22-24-8-6-21(26-22)25-12-15-4-2-1-3-5-15/h1-6,8,10-11,28H,7,9,12-14H2,(H,24,25,26). The predicted octanol–water partition coefficient (Wildman–Crippen LogP) is 2.97. The van der Waals surface area contributed by atoms with Gasteiger partial charge in [0.1, 0.15) is 18.2 Å². The quantitative estimate of drug-likeness (QED) is 0.628. The van der Waals surface area contributed by atoms with Gasteiger partial charge in [-0.1, -0.05) is 30.3 Å². The van der Waals surface area contributed by atoms with Gasteiger partial charge >= 0.3 is 0 Å². The van der Waals surface area contributed by atoms with Gasteiger partial charge in [0.25, 0.3) is 0 Å². The number of nitrogens with one attached hydrogen (secondary N) is 1. The molecule has 1 aliphatic heterocycles. The van der Waals surface area contributed by atoms with Crippen molar-refractivity contribution in [2.45, 2.75) is 19.5 Å². The van der Waals surface area contributed by atoms with Crippen molar-refractivity contribution in [1.29, 1.82) is 0 Å². The molecule has 0 bridgehead atoms. The summed E-state index contributed by atoms with van der Waals surface area (Å²) in [6, 6.07) is 14.7. The van der Waals surface area contributed by atoms with Gasteiger partial charge in [-0.05, 0) is 35.7 Å². The molecule has 2 N–H and O–H groups in total. The third-order valence-corrected chi connectivity index (χ3v) is 5.00. The first-order valence-electron chi connectivity index (χ1n) is 9.45. The van der Waals surface area contributed by atoms with Crippen LogP contribution in [0, 0.1) is 5.82 Å². The van der Waals surface area contributed by atoms with Crippen LogP contribution in [0.25, 0.3) is 0 Å². The van der Waals surface area contributed by atoms with Crippen LogP contribution in [0.3, 0.4) is 0 Å². The summed E-state index contributed by atoms with van der Waals surface area (Å²) >= 11 is 0. The van der Waals surface area contributed by atoms with Gasteiger partial charge in [-0.15, -0.1) is 0 Å². The van der Waals surface area contributed by atoms with Gasteiger partial charge in [0.05, 0.1) is 0 Å². The lowest BCUT2D eigenvalue weighted by Gasteiger charge is -2.29. The number of ketones is 1. The van der Waals surface area contributed by atoms with Crippen molar-refractivity contribution in [2.75, 3.05) is 23.4 Å². The number of hydrogen-bond donors (Lipinski definition) is 2. The van der Waals surface area contributed by atoms with Crippen molar-refractivity contribution in [2.24, 2.45) is 0 Å². The monoisotopic (exact) mass is 392 g/mol. The lowest BCUT2D eigenvalue weighted by molar-refractivity contribution is 0.0903. The van der Waals surface area contributed by atoms with Gasteiger partial charge in [0, 0.05) is 37.0 Å². The summed E-state index contributed by atoms with van der Waals surface area (Å²) in [4.78, 5) is 22.5. The van der Waals surface area contributed by atoms with E-state index in [9.17, 15) is 9.18 Å². The number of hydrogen-bond acceptors (Lipinski definition) is 6. The van der Waals surface area contributed by atoms with Crippen molar-refractivity contribution in [3.8, 4) is 0 Å². The van der Waals surface area contributed by atoms with E-state index < -0.39 is 18.2 Å². The molecule has 0 saturated heterocycles. The largest absolute Gasteiger partial charge is 0.388 e. The Morgan fingerprint density at radius 3 is 2.83 bits per heavy atom. The first-order valence-corrected chi connectivity index (χ1v) is 9.45. The van der Waals surface area contributed by atoms with Crippen LogP contribution in [-0.2, 0) is 19.5 Å². The summed E-state index contributed by atoms with van der Waals surface area (Å²) in [5.41, 5.74) is 2.68. The van der Waals surface area contributed by atoms with E-state index in [1.807, 2.05) is 35.2 Å². The number of fused-ring (bicyclic) bond motifs is 1. The maximum Gasteiger partial charge on any atom is 0.227 e. The van der Waals surface area contributed by atoms with Crippen molar-refractivity contribution in [1.82, 2.24) is 9.97 Å². The molecule has 1 aliphatic rings. The number of carbonyl (C=O) groups excluding carboxylic acids is 1. The van der Waals surface area contributed by atoms with Crippen LogP contribution in [0.15, 0.2) is 54.7 Å². The summed E-state index contributed by atoms with van der Waals surface area (Å²) in [5, 5.41) is 12.3. The Morgan fingerprint density at radius 2 is 2.03 bits per heavy atom. The molecule has 0 amide bonds. The number of aromatic nitrogens is 2. The van der Waals surface area contributed by atoms with Gasteiger partial charge < -0.3 is 15.3 Å². The fraction of sp³-hybridized carbons (Fsp3) is 0.227. The van der Waals surface area contributed by atoms with Crippen LogP contribution in [0.1, 0.15) is 27.0 Å². The van der Waals surface area contributed by atoms with Crippen LogP contribution in [0.2, 0.25) is 0 Å². The zero-order valence-electron chi connectivity index (χ0n) is 15.8. The van der Waals surface area contributed by atoms with E-state index in [-0.39, 0.29) is 5.56 Å². The first-order chi connectivity index (χ1) is 14.1. The minimum atomic E-state index is -0.624. The summed E-state index contributed by atoms with van der Waals surface area (Å²) in [6.45, 7) is 0.972. The average molecular weight is 392 g/mol. The second kappa shape index (κ2) is 8.36. The second-order valence-electron chi connectivity index (χ2n) is 6.93. The normalized spacial score (nSPS) is 13.1. The molecule has 148 valence electrons. The highest BCUT2D eigenvalue weighted by atomic mass is 19.1. The number of carbonyl (C=O) groups is 1. The van der Waals surface area contributed by atoms with E-state index in [0.29, 0.717) is 43.4 Å². The molecule has 0 radical (unpaired) electrons. The van der Waals surface area contributed by atoms with Crippen LogP contribution >= 0.6 is 0 Å². The van der Waals surface area contributed by atoms with E-state index in [2.05, 4.69) is 15.3 Å². The molecule has 0 atom stereocenters.